The molecule has 4 nitrogen and oxygen atoms in total. The van der Waals surface area contributed by atoms with Crippen molar-refractivity contribution in [2.24, 2.45) is 0 Å². The van der Waals surface area contributed by atoms with E-state index in [-0.39, 0.29) is 16.0 Å². The summed E-state index contributed by atoms with van der Waals surface area (Å²) in [5.74, 6) is -1.16. The minimum Gasteiger partial charge on any atom is -0.506 e. The van der Waals surface area contributed by atoms with Gasteiger partial charge < -0.3 is 15.3 Å². The van der Waals surface area contributed by atoms with Gasteiger partial charge in [0.25, 0.3) is 0 Å². The molecule has 1 aromatic carbocycles. The molecule has 16 heavy (non-hydrogen) atoms. The van der Waals surface area contributed by atoms with Crippen molar-refractivity contribution in [3.8, 4) is 11.5 Å². The summed E-state index contributed by atoms with van der Waals surface area (Å²) in [6.07, 6.45) is 1.04. The highest BCUT2D eigenvalue weighted by atomic mass is 79.9. The number of aromatic hydroxyl groups is 2. The number of aryl methyl sites for hydroxylation is 1. The number of aliphatic carboxylic acids is 1. The molecular formula is C11H11BrO4. The number of benzene rings is 1. The first-order valence-corrected chi connectivity index (χ1v) is 5.64. The molecule has 0 saturated heterocycles. The normalized spacial score (nSPS) is 17.1. The summed E-state index contributed by atoms with van der Waals surface area (Å²) in [7, 11) is 0. The molecule has 0 bridgehead atoms. The lowest BCUT2D eigenvalue weighted by Gasteiger charge is -2.15. The van der Waals surface area contributed by atoms with Crippen LogP contribution < -0.4 is 0 Å². The highest BCUT2D eigenvalue weighted by Gasteiger charge is 2.53. The zero-order chi connectivity index (χ0) is 12.1. The Morgan fingerprint density at radius 1 is 1.38 bits per heavy atom. The Kier molecular flexibility index (Phi) is 2.38. The van der Waals surface area contributed by atoms with Crippen LogP contribution in [0.15, 0.2) is 10.5 Å². The van der Waals surface area contributed by atoms with Gasteiger partial charge in [0.1, 0.15) is 16.0 Å². The zero-order valence-corrected chi connectivity index (χ0v) is 10.2. The van der Waals surface area contributed by atoms with Gasteiger partial charge in [-0.25, -0.2) is 0 Å². The number of halogens is 1. The predicted octanol–water partition coefficient (Wildman–Crippen LogP) is 2.28. The maximum atomic E-state index is 11.2. The molecule has 1 saturated carbocycles. The summed E-state index contributed by atoms with van der Waals surface area (Å²) in [5.41, 5.74) is -0.0419. The molecule has 0 atom stereocenters. The largest absolute Gasteiger partial charge is 0.506 e. The van der Waals surface area contributed by atoms with Crippen molar-refractivity contribution >= 4 is 21.9 Å². The highest BCUT2D eigenvalue weighted by Crippen LogP contribution is 2.54. The van der Waals surface area contributed by atoms with Crippen LogP contribution in [0.4, 0.5) is 0 Å². The molecule has 5 heteroatoms. The summed E-state index contributed by atoms with van der Waals surface area (Å²) < 4.78 is 0.162. The van der Waals surface area contributed by atoms with Gasteiger partial charge in [0.2, 0.25) is 0 Å². The number of carboxylic acid groups (broad SMARTS) is 1. The van der Waals surface area contributed by atoms with Crippen LogP contribution in [0.2, 0.25) is 0 Å². The average molecular weight is 287 g/mol. The van der Waals surface area contributed by atoms with Crippen molar-refractivity contribution in [3.05, 3.63) is 21.7 Å². The van der Waals surface area contributed by atoms with Gasteiger partial charge in [0.05, 0.1) is 5.41 Å². The average Bonchev–Trinajstić information content (AvgIpc) is 3.01. The molecule has 0 unspecified atom stereocenters. The van der Waals surface area contributed by atoms with Crippen LogP contribution in [0.5, 0.6) is 11.5 Å². The summed E-state index contributed by atoms with van der Waals surface area (Å²) in [4.78, 5) is 11.2. The minimum atomic E-state index is -0.967. The summed E-state index contributed by atoms with van der Waals surface area (Å²) in [5, 5.41) is 28.6. The molecule has 1 aromatic rings. The van der Waals surface area contributed by atoms with Gasteiger partial charge >= 0.3 is 5.97 Å². The van der Waals surface area contributed by atoms with Crippen molar-refractivity contribution in [2.75, 3.05) is 0 Å². The molecular weight excluding hydrogens is 276 g/mol. The molecule has 1 fully saturated rings. The molecule has 2 rings (SSSR count). The summed E-state index contributed by atoms with van der Waals surface area (Å²) in [6.45, 7) is 1.67. The fourth-order valence-electron chi connectivity index (χ4n) is 1.84. The van der Waals surface area contributed by atoms with E-state index in [1.54, 1.807) is 6.92 Å². The molecule has 0 radical (unpaired) electrons. The number of carbonyl (C=O) groups is 1. The molecule has 0 aromatic heterocycles. The van der Waals surface area contributed by atoms with Crippen LogP contribution in [0.1, 0.15) is 24.0 Å². The van der Waals surface area contributed by atoms with Gasteiger partial charge in [-0.1, -0.05) is 0 Å². The van der Waals surface area contributed by atoms with Crippen molar-refractivity contribution in [1.82, 2.24) is 0 Å². The standard InChI is InChI=1S/C11H11BrO4/c1-5-4-6(9(14)7(12)8(5)13)11(2-3-11)10(15)16/h4,13-14H,2-3H2,1H3,(H,15,16). The lowest BCUT2D eigenvalue weighted by atomic mass is 9.93. The first-order valence-electron chi connectivity index (χ1n) is 4.85. The molecule has 1 aliphatic carbocycles. The monoisotopic (exact) mass is 286 g/mol. The van der Waals surface area contributed by atoms with E-state index in [4.69, 9.17) is 5.11 Å². The molecule has 3 N–H and O–H groups in total. The van der Waals surface area contributed by atoms with Gasteiger partial charge in [-0.2, -0.15) is 0 Å². The third-order valence-corrected chi connectivity index (χ3v) is 3.83. The third kappa shape index (κ3) is 1.38. The Morgan fingerprint density at radius 3 is 2.38 bits per heavy atom. The quantitative estimate of drug-likeness (QED) is 0.779. The van der Waals surface area contributed by atoms with E-state index in [9.17, 15) is 15.0 Å². The van der Waals surface area contributed by atoms with E-state index in [1.165, 1.54) is 6.07 Å². The maximum absolute atomic E-state index is 11.2. The van der Waals surface area contributed by atoms with Crippen LogP contribution in [-0.4, -0.2) is 21.3 Å². The fraction of sp³-hybridized carbons (Fsp3) is 0.364. The first kappa shape index (κ1) is 11.3. The number of hydrogen-bond donors (Lipinski definition) is 3. The van der Waals surface area contributed by atoms with Gasteiger partial charge in [0.15, 0.2) is 0 Å². The van der Waals surface area contributed by atoms with Gasteiger partial charge in [-0.15, -0.1) is 0 Å². The van der Waals surface area contributed by atoms with Crippen LogP contribution in [0.3, 0.4) is 0 Å². The summed E-state index contributed by atoms with van der Waals surface area (Å²) >= 11 is 3.06. The van der Waals surface area contributed by atoms with Crippen molar-refractivity contribution in [2.45, 2.75) is 25.2 Å². The smallest absolute Gasteiger partial charge is 0.314 e. The van der Waals surface area contributed by atoms with Gasteiger partial charge in [-0.3, -0.25) is 4.79 Å². The van der Waals surface area contributed by atoms with Crippen LogP contribution in [0, 0.1) is 6.92 Å². The third-order valence-electron chi connectivity index (χ3n) is 3.08. The molecule has 86 valence electrons. The first-order chi connectivity index (χ1) is 7.40. The van der Waals surface area contributed by atoms with Crippen LogP contribution >= 0.6 is 15.9 Å². The predicted molar refractivity (Wildman–Crippen MR) is 60.8 cm³/mol. The topological polar surface area (TPSA) is 77.8 Å². The Bertz CT molecular complexity index is 477. The van der Waals surface area contributed by atoms with Gasteiger partial charge in [0, 0.05) is 5.56 Å². The Morgan fingerprint density at radius 2 is 1.94 bits per heavy atom. The maximum Gasteiger partial charge on any atom is 0.314 e. The van der Waals surface area contributed by atoms with E-state index in [0.29, 0.717) is 24.0 Å². The fourth-order valence-corrected chi connectivity index (χ4v) is 2.37. The lowest BCUT2D eigenvalue weighted by molar-refractivity contribution is -0.140. The van der Waals surface area contributed by atoms with Crippen LogP contribution in [0.25, 0.3) is 0 Å². The second kappa shape index (κ2) is 3.38. The van der Waals surface area contributed by atoms with E-state index < -0.39 is 11.4 Å². The van der Waals surface area contributed by atoms with Crippen molar-refractivity contribution in [1.29, 1.82) is 0 Å². The number of hydrogen-bond acceptors (Lipinski definition) is 3. The molecule has 1 aliphatic rings. The summed E-state index contributed by atoms with van der Waals surface area (Å²) in [6, 6.07) is 1.54. The lowest BCUT2D eigenvalue weighted by Crippen LogP contribution is -2.19. The minimum absolute atomic E-state index is 0.0533. The Balaban J connectivity index is 2.63. The molecule has 0 aliphatic heterocycles. The van der Waals surface area contributed by atoms with Gasteiger partial charge in [-0.05, 0) is 47.3 Å². The number of phenolic OH excluding ortho intramolecular Hbond substituents is 2. The molecule has 0 heterocycles. The molecule has 0 amide bonds. The SMILES string of the molecule is Cc1cc(C2(C(=O)O)CC2)c(O)c(Br)c1O. The number of carboxylic acids is 1. The van der Waals surface area contributed by atoms with E-state index in [0.717, 1.165) is 0 Å². The van der Waals surface area contributed by atoms with Crippen LogP contribution in [-0.2, 0) is 10.2 Å². The second-order valence-electron chi connectivity index (χ2n) is 4.14. The Labute approximate surface area is 101 Å². The number of phenols is 2. The Hall–Kier alpha value is -1.23. The van der Waals surface area contributed by atoms with E-state index in [1.807, 2.05) is 0 Å². The molecule has 0 spiro atoms. The van der Waals surface area contributed by atoms with E-state index >= 15 is 0 Å². The number of rotatable bonds is 2. The zero-order valence-electron chi connectivity index (χ0n) is 8.62. The van der Waals surface area contributed by atoms with E-state index in [2.05, 4.69) is 15.9 Å². The van der Waals surface area contributed by atoms with Crippen molar-refractivity contribution in [3.63, 3.8) is 0 Å². The second-order valence-corrected chi connectivity index (χ2v) is 4.93. The highest BCUT2D eigenvalue weighted by molar-refractivity contribution is 9.10. The van der Waals surface area contributed by atoms with Crippen molar-refractivity contribution < 1.29 is 20.1 Å².